The van der Waals surface area contributed by atoms with Crippen molar-refractivity contribution in [3.8, 4) is 0 Å². The third kappa shape index (κ3) is 3.93. The first kappa shape index (κ1) is 16.5. The minimum atomic E-state index is -0.648. The predicted octanol–water partition coefficient (Wildman–Crippen LogP) is 2.60. The summed E-state index contributed by atoms with van der Waals surface area (Å²) in [7, 11) is 0. The fraction of sp³-hybridized carbons (Fsp3) is 0.632. The van der Waals surface area contributed by atoms with E-state index in [-0.39, 0.29) is 11.9 Å². The van der Waals surface area contributed by atoms with Crippen LogP contribution in [0, 0.1) is 0 Å². The number of benzene rings is 1. The molecule has 0 bridgehead atoms. The quantitative estimate of drug-likeness (QED) is 0.878. The molecule has 4 heteroatoms. The number of hydrogen-bond acceptors (Lipinski definition) is 3. The number of nitrogens with zero attached hydrogens (tertiary/aromatic N) is 1. The SMILES string of the molecule is NC1(C(=O)NCC(c2ccccc2)N2CCCC2)CCCCC1. The van der Waals surface area contributed by atoms with Crippen molar-refractivity contribution < 1.29 is 4.79 Å². The van der Waals surface area contributed by atoms with Gasteiger partial charge in [-0.2, -0.15) is 0 Å². The molecule has 126 valence electrons. The molecule has 23 heavy (non-hydrogen) atoms. The molecule has 1 aromatic carbocycles. The summed E-state index contributed by atoms with van der Waals surface area (Å²) in [6, 6.07) is 10.8. The lowest BCUT2D eigenvalue weighted by atomic mass is 9.82. The second kappa shape index (κ2) is 7.45. The zero-order valence-corrected chi connectivity index (χ0v) is 14.0. The van der Waals surface area contributed by atoms with E-state index in [9.17, 15) is 4.79 Å². The Bertz CT molecular complexity index is 505. The zero-order valence-electron chi connectivity index (χ0n) is 14.0. The van der Waals surface area contributed by atoms with Crippen molar-refractivity contribution in [1.82, 2.24) is 10.2 Å². The van der Waals surface area contributed by atoms with Gasteiger partial charge in [-0.1, -0.05) is 49.6 Å². The maximum Gasteiger partial charge on any atom is 0.240 e. The van der Waals surface area contributed by atoms with Gasteiger partial charge in [-0.25, -0.2) is 0 Å². The van der Waals surface area contributed by atoms with Gasteiger partial charge in [0.2, 0.25) is 5.91 Å². The molecular weight excluding hydrogens is 286 g/mol. The van der Waals surface area contributed by atoms with Crippen LogP contribution in [0.3, 0.4) is 0 Å². The molecule has 1 aromatic rings. The molecule has 1 saturated carbocycles. The maximum atomic E-state index is 12.6. The lowest BCUT2D eigenvalue weighted by molar-refractivity contribution is -0.127. The molecule has 1 atom stereocenters. The van der Waals surface area contributed by atoms with Gasteiger partial charge in [-0.3, -0.25) is 9.69 Å². The average Bonchev–Trinajstić information content (AvgIpc) is 3.11. The van der Waals surface area contributed by atoms with Gasteiger partial charge < -0.3 is 11.1 Å². The molecule has 0 aromatic heterocycles. The summed E-state index contributed by atoms with van der Waals surface area (Å²) in [5, 5.41) is 3.16. The lowest BCUT2D eigenvalue weighted by Gasteiger charge is -2.34. The van der Waals surface area contributed by atoms with Gasteiger partial charge in [0.25, 0.3) is 0 Å². The second-order valence-electron chi connectivity index (χ2n) is 7.10. The first-order chi connectivity index (χ1) is 11.2. The van der Waals surface area contributed by atoms with Crippen molar-refractivity contribution in [3.05, 3.63) is 35.9 Å². The summed E-state index contributed by atoms with van der Waals surface area (Å²) >= 11 is 0. The fourth-order valence-electron chi connectivity index (χ4n) is 3.96. The summed E-state index contributed by atoms with van der Waals surface area (Å²) in [6.45, 7) is 2.88. The van der Waals surface area contributed by atoms with Gasteiger partial charge in [-0.05, 0) is 44.3 Å². The highest BCUT2D eigenvalue weighted by molar-refractivity contribution is 5.86. The number of hydrogen-bond donors (Lipinski definition) is 2. The van der Waals surface area contributed by atoms with Gasteiger partial charge in [-0.15, -0.1) is 0 Å². The van der Waals surface area contributed by atoms with Crippen LogP contribution >= 0.6 is 0 Å². The van der Waals surface area contributed by atoms with Crippen LogP contribution in [0.4, 0.5) is 0 Å². The molecule has 2 aliphatic rings. The van der Waals surface area contributed by atoms with E-state index in [1.165, 1.54) is 24.8 Å². The molecule has 1 amide bonds. The van der Waals surface area contributed by atoms with Crippen molar-refractivity contribution in [2.24, 2.45) is 5.73 Å². The average molecular weight is 315 g/mol. The molecule has 3 rings (SSSR count). The molecule has 1 saturated heterocycles. The number of nitrogens with two attached hydrogens (primary N) is 1. The molecule has 1 aliphatic carbocycles. The maximum absolute atomic E-state index is 12.6. The predicted molar refractivity (Wildman–Crippen MR) is 93.0 cm³/mol. The smallest absolute Gasteiger partial charge is 0.240 e. The molecule has 3 N–H and O–H groups in total. The van der Waals surface area contributed by atoms with E-state index in [1.807, 2.05) is 6.07 Å². The van der Waals surface area contributed by atoms with Crippen LogP contribution in [0.5, 0.6) is 0 Å². The third-order valence-electron chi connectivity index (χ3n) is 5.42. The van der Waals surface area contributed by atoms with Crippen molar-refractivity contribution in [2.45, 2.75) is 56.5 Å². The number of rotatable bonds is 5. The van der Waals surface area contributed by atoms with Crippen molar-refractivity contribution in [3.63, 3.8) is 0 Å². The van der Waals surface area contributed by atoms with Crippen molar-refractivity contribution >= 4 is 5.91 Å². The van der Waals surface area contributed by atoms with Gasteiger partial charge >= 0.3 is 0 Å². The van der Waals surface area contributed by atoms with E-state index >= 15 is 0 Å². The minimum Gasteiger partial charge on any atom is -0.353 e. The molecule has 1 unspecified atom stereocenters. The topological polar surface area (TPSA) is 58.4 Å². The summed E-state index contributed by atoms with van der Waals surface area (Å²) < 4.78 is 0. The van der Waals surface area contributed by atoms with Crippen molar-refractivity contribution in [2.75, 3.05) is 19.6 Å². The van der Waals surface area contributed by atoms with Crippen LogP contribution in [0.15, 0.2) is 30.3 Å². The van der Waals surface area contributed by atoms with Crippen LogP contribution in [0.25, 0.3) is 0 Å². The third-order valence-corrected chi connectivity index (χ3v) is 5.42. The van der Waals surface area contributed by atoms with E-state index in [0.717, 1.165) is 38.8 Å². The molecule has 0 radical (unpaired) electrons. The van der Waals surface area contributed by atoms with Gasteiger partial charge in [0.15, 0.2) is 0 Å². The van der Waals surface area contributed by atoms with E-state index in [0.29, 0.717) is 6.54 Å². The summed E-state index contributed by atoms with van der Waals surface area (Å²) in [6.07, 6.45) is 7.47. The van der Waals surface area contributed by atoms with Crippen LogP contribution in [0.1, 0.15) is 56.6 Å². The standard InChI is InChI=1S/C19H29N3O/c20-19(11-5-2-6-12-19)18(23)21-15-17(22-13-7-8-14-22)16-9-3-1-4-10-16/h1,3-4,9-10,17H,2,5-8,11-15,20H2,(H,21,23). The Morgan fingerprint density at radius 1 is 1.09 bits per heavy atom. The molecule has 1 heterocycles. The molecule has 0 spiro atoms. The van der Waals surface area contributed by atoms with Crippen LogP contribution < -0.4 is 11.1 Å². The Labute approximate surface area is 139 Å². The van der Waals surface area contributed by atoms with Gasteiger partial charge in [0.05, 0.1) is 11.6 Å². The first-order valence-electron chi connectivity index (χ1n) is 9.05. The number of amides is 1. The van der Waals surface area contributed by atoms with E-state index in [4.69, 9.17) is 5.73 Å². The lowest BCUT2D eigenvalue weighted by Crippen LogP contribution is -2.56. The Morgan fingerprint density at radius 2 is 1.74 bits per heavy atom. The van der Waals surface area contributed by atoms with Gasteiger partial charge in [0, 0.05) is 6.54 Å². The highest BCUT2D eigenvalue weighted by Crippen LogP contribution is 2.27. The minimum absolute atomic E-state index is 0.0392. The highest BCUT2D eigenvalue weighted by atomic mass is 16.2. The van der Waals surface area contributed by atoms with Crippen molar-refractivity contribution in [1.29, 1.82) is 0 Å². The summed E-state index contributed by atoms with van der Waals surface area (Å²) in [5.74, 6) is 0.0392. The zero-order chi connectivity index (χ0) is 16.1. The van der Waals surface area contributed by atoms with E-state index < -0.39 is 5.54 Å². The number of nitrogens with one attached hydrogen (secondary N) is 1. The Kier molecular flexibility index (Phi) is 5.34. The van der Waals surface area contributed by atoms with E-state index in [1.54, 1.807) is 0 Å². The van der Waals surface area contributed by atoms with Gasteiger partial charge in [0.1, 0.15) is 0 Å². The molecule has 2 fully saturated rings. The highest BCUT2D eigenvalue weighted by Gasteiger charge is 2.35. The molecule has 1 aliphatic heterocycles. The van der Waals surface area contributed by atoms with Crippen LogP contribution in [0.2, 0.25) is 0 Å². The number of likely N-dealkylation sites (tertiary alicyclic amines) is 1. The Balaban J connectivity index is 1.65. The Morgan fingerprint density at radius 3 is 2.39 bits per heavy atom. The summed E-state index contributed by atoms with van der Waals surface area (Å²) in [5.41, 5.74) is 6.99. The normalized spacial score (nSPS) is 22.7. The fourth-order valence-corrected chi connectivity index (χ4v) is 3.96. The Hall–Kier alpha value is -1.39. The van der Waals surface area contributed by atoms with E-state index in [2.05, 4.69) is 34.5 Å². The number of carbonyl (C=O) groups is 1. The second-order valence-corrected chi connectivity index (χ2v) is 7.10. The number of carbonyl (C=O) groups excluding carboxylic acids is 1. The largest absolute Gasteiger partial charge is 0.353 e. The molecular formula is C19H29N3O. The van der Waals surface area contributed by atoms with Crippen LogP contribution in [-0.4, -0.2) is 36.0 Å². The first-order valence-corrected chi connectivity index (χ1v) is 9.05. The monoisotopic (exact) mass is 315 g/mol. The van der Waals surface area contributed by atoms with Crippen LogP contribution in [-0.2, 0) is 4.79 Å². The summed E-state index contributed by atoms with van der Waals surface area (Å²) in [4.78, 5) is 15.1. The molecule has 4 nitrogen and oxygen atoms in total.